The highest BCUT2D eigenvalue weighted by atomic mass is 16.5. The summed E-state index contributed by atoms with van der Waals surface area (Å²) < 4.78 is 13.0. The molecule has 0 saturated carbocycles. The molecule has 0 radical (unpaired) electrons. The van der Waals surface area contributed by atoms with E-state index < -0.39 is 0 Å². The van der Waals surface area contributed by atoms with E-state index in [1.165, 1.54) is 11.4 Å². The Kier molecular flexibility index (Phi) is 5.74. The molecule has 4 heterocycles. The first kappa shape index (κ1) is 20.9. The Morgan fingerprint density at radius 1 is 0.735 bits per heavy atom. The molecule has 0 spiro atoms. The molecule has 2 aromatic heterocycles. The molecule has 2 aliphatic rings. The van der Waals surface area contributed by atoms with E-state index in [0.29, 0.717) is 0 Å². The quantitative estimate of drug-likeness (QED) is 0.490. The van der Waals surface area contributed by atoms with Crippen LogP contribution in [0.2, 0.25) is 0 Å². The molecule has 8 heteroatoms. The summed E-state index contributed by atoms with van der Waals surface area (Å²) in [5.74, 6) is 0.735. The van der Waals surface area contributed by atoms with Crippen LogP contribution in [0.25, 0.3) is 16.9 Å². The van der Waals surface area contributed by atoms with Crippen LogP contribution in [0.4, 0.5) is 22.9 Å². The molecule has 0 amide bonds. The third-order valence-corrected chi connectivity index (χ3v) is 6.42. The maximum atomic E-state index is 5.47. The largest absolute Gasteiger partial charge is 0.378 e. The minimum absolute atomic E-state index is 0.735. The third-order valence-electron chi connectivity index (χ3n) is 6.42. The van der Waals surface area contributed by atoms with Crippen LogP contribution in [0.5, 0.6) is 0 Å². The van der Waals surface area contributed by atoms with Crippen LogP contribution in [-0.4, -0.2) is 67.0 Å². The van der Waals surface area contributed by atoms with E-state index in [0.717, 1.165) is 81.0 Å². The van der Waals surface area contributed by atoms with E-state index >= 15 is 0 Å². The molecule has 6 rings (SSSR count). The van der Waals surface area contributed by atoms with Crippen LogP contribution in [0.1, 0.15) is 0 Å². The van der Waals surface area contributed by atoms with Crippen LogP contribution >= 0.6 is 0 Å². The van der Waals surface area contributed by atoms with Crippen molar-refractivity contribution in [3.63, 3.8) is 0 Å². The number of benzene rings is 2. The lowest BCUT2D eigenvalue weighted by atomic mass is 10.1. The number of imidazole rings is 1. The average Bonchev–Trinajstić information content (AvgIpc) is 3.40. The van der Waals surface area contributed by atoms with Gasteiger partial charge in [0.25, 0.3) is 0 Å². The maximum absolute atomic E-state index is 5.47. The third kappa shape index (κ3) is 4.30. The lowest BCUT2D eigenvalue weighted by molar-refractivity contribution is 0.122. The summed E-state index contributed by atoms with van der Waals surface area (Å²) in [5.41, 5.74) is 6.17. The molecule has 2 fully saturated rings. The van der Waals surface area contributed by atoms with Gasteiger partial charge in [-0.25, -0.2) is 9.97 Å². The van der Waals surface area contributed by atoms with Crippen molar-refractivity contribution in [2.75, 3.05) is 67.7 Å². The SMILES string of the molecule is c1cn2cc(-c3ccc(N4CCOCC4)cc3)nc(Nc3ccc(N4CCOCC4)cc3)c2n1. The molecule has 4 aromatic rings. The van der Waals surface area contributed by atoms with Gasteiger partial charge in [0.1, 0.15) is 0 Å². The van der Waals surface area contributed by atoms with Crippen LogP contribution in [0, 0.1) is 0 Å². The fraction of sp³-hybridized carbons (Fsp3) is 0.308. The predicted octanol–water partition coefficient (Wildman–Crippen LogP) is 3.81. The zero-order valence-electron chi connectivity index (χ0n) is 19.1. The van der Waals surface area contributed by atoms with Gasteiger partial charge in [0.2, 0.25) is 0 Å². The van der Waals surface area contributed by atoms with E-state index in [2.05, 4.69) is 68.6 Å². The number of nitrogens with one attached hydrogen (secondary N) is 1. The molecule has 0 unspecified atom stereocenters. The number of hydrogen-bond acceptors (Lipinski definition) is 7. The first-order valence-corrected chi connectivity index (χ1v) is 11.8. The minimum atomic E-state index is 0.735. The Balaban J connectivity index is 1.25. The molecule has 0 bridgehead atoms. The molecule has 0 atom stereocenters. The highest BCUT2D eigenvalue weighted by molar-refractivity contribution is 5.74. The fourth-order valence-corrected chi connectivity index (χ4v) is 4.53. The summed E-state index contributed by atoms with van der Waals surface area (Å²) >= 11 is 0. The van der Waals surface area contributed by atoms with E-state index in [4.69, 9.17) is 14.5 Å². The van der Waals surface area contributed by atoms with Gasteiger partial charge in [-0.2, -0.15) is 0 Å². The Hall–Kier alpha value is -3.62. The van der Waals surface area contributed by atoms with Gasteiger partial charge in [-0.05, 0) is 36.4 Å². The number of anilines is 4. The summed E-state index contributed by atoms with van der Waals surface area (Å²) in [6.07, 6.45) is 5.78. The van der Waals surface area contributed by atoms with E-state index in [1.807, 2.05) is 16.8 Å². The Morgan fingerprint density at radius 3 is 1.94 bits per heavy atom. The predicted molar refractivity (Wildman–Crippen MR) is 134 cm³/mol. The van der Waals surface area contributed by atoms with Crippen molar-refractivity contribution in [1.29, 1.82) is 0 Å². The number of rotatable bonds is 5. The van der Waals surface area contributed by atoms with Crippen molar-refractivity contribution in [2.24, 2.45) is 0 Å². The molecular formula is C26H28N6O2. The number of ether oxygens (including phenoxy) is 2. The molecular weight excluding hydrogens is 428 g/mol. The average molecular weight is 457 g/mol. The Morgan fingerprint density at radius 2 is 1.32 bits per heavy atom. The molecule has 2 aliphatic heterocycles. The van der Waals surface area contributed by atoms with Gasteiger partial charge in [-0.3, -0.25) is 0 Å². The van der Waals surface area contributed by atoms with Crippen LogP contribution in [0.15, 0.2) is 67.1 Å². The summed E-state index contributed by atoms with van der Waals surface area (Å²) in [6.45, 7) is 6.83. The number of hydrogen-bond donors (Lipinski definition) is 1. The van der Waals surface area contributed by atoms with Crippen LogP contribution in [0.3, 0.4) is 0 Å². The molecule has 2 aromatic carbocycles. The van der Waals surface area contributed by atoms with Gasteiger partial charge in [-0.1, -0.05) is 12.1 Å². The fourth-order valence-electron chi connectivity index (χ4n) is 4.53. The minimum Gasteiger partial charge on any atom is -0.378 e. The lowest BCUT2D eigenvalue weighted by Gasteiger charge is -2.29. The first-order chi connectivity index (χ1) is 16.8. The van der Waals surface area contributed by atoms with E-state index in [-0.39, 0.29) is 0 Å². The zero-order valence-corrected chi connectivity index (χ0v) is 19.1. The van der Waals surface area contributed by atoms with Gasteiger partial charge in [0, 0.05) is 67.4 Å². The van der Waals surface area contributed by atoms with Gasteiger partial charge in [0.15, 0.2) is 11.5 Å². The van der Waals surface area contributed by atoms with Crippen LogP contribution in [-0.2, 0) is 9.47 Å². The summed E-state index contributed by atoms with van der Waals surface area (Å²) in [6, 6.07) is 17.1. The molecule has 34 heavy (non-hydrogen) atoms. The summed E-state index contributed by atoms with van der Waals surface area (Å²) in [4.78, 5) is 14.2. The highest BCUT2D eigenvalue weighted by Gasteiger charge is 2.14. The number of morpholine rings is 2. The van der Waals surface area contributed by atoms with E-state index in [9.17, 15) is 0 Å². The summed E-state index contributed by atoms with van der Waals surface area (Å²) in [5, 5.41) is 3.48. The van der Waals surface area contributed by atoms with Gasteiger partial charge in [-0.15, -0.1) is 0 Å². The number of nitrogens with zero attached hydrogens (tertiary/aromatic N) is 5. The smallest absolute Gasteiger partial charge is 0.180 e. The zero-order chi connectivity index (χ0) is 22.7. The molecule has 1 N–H and O–H groups in total. The van der Waals surface area contributed by atoms with Gasteiger partial charge < -0.3 is 29.0 Å². The van der Waals surface area contributed by atoms with Crippen molar-refractivity contribution in [2.45, 2.75) is 0 Å². The van der Waals surface area contributed by atoms with Crippen molar-refractivity contribution >= 4 is 28.5 Å². The summed E-state index contributed by atoms with van der Waals surface area (Å²) in [7, 11) is 0. The van der Waals surface area contributed by atoms with Crippen molar-refractivity contribution in [3.8, 4) is 11.3 Å². The van der Waals surface area contributed by atoms with Gasteiger partial charge >= 0.3 is 0 Å². The van der Waals surface area contributed by atoms with Crippen molar-refractivity contribution in [1.82, 2.24) is 14.4 Å². The second-order valence-corrected chi connectivity index (χ2v) is 8.55. The second-order valence-electron chi connectivity index (χ2n) is 8.55. The van der Waals surface area contributed by atoms with E-state index in [1.54, 1.807) is 6.20 Å². The number of fused-ring (bicyclic) bond motifs is 1. The Labute approximate surface area is 198 Å². The van der Waals surface area contributed by atoms with Crippen molar-refractivity contribution in [3.05, 3.63) is 67.1 Å². The van der Waals surface area contributed by atoms with Gasteiger partial charge in [0.05, 0.1) is 32.1 Å². The molecule has 8 nitrogen and oxygen atoms in total. The molecule has 2 saturated heterocycles. The monoisotopic (exact) mass is 456 g/mol. The van der Waals surface area contributed by atoms with Crippen molar-refractivity contribution < 1.29 is 9.47 Å². The molecule has 174 valence electrons. The van der Waals surface area contributed by atoms with Crippen LogP contribution < -0.4 is 15.1 Å². The maximum Gasteiger partial charge on any atom is 0.180 e. The standard InChI is InChI=1S/C26H28N6O2/c1-5-22(30-11-15-33-16-12-30)6-2-20(1)24-19-32-10-9-27-26(32)25(29-24)28-21-3-7-23(8-4-21)31-13-17-34-18-14-31/h1-10,19H,11-18H2,(H,28,29). The number of aromatic nitrogens is 3. The highest BCUT2D eigenvalue weighted by Crippen LogP contribution is 2.27. The first-order valence-electron chi connectivity index (χ1n) is 11.8. The second kappa shape index (κ2) is 9.32. The molecule has 0 aliphatic carbocycles. The normalized spacial score (nSPS) is 16.7. The lowest BCUT2D eigenvalue weighted by Crippen LogP contribution is -2.36. The Bertz CT molecular complexity index is 1240. The topological polar surface area (TPSA) is 67.2 Å².